The molecule has 3 N–H and O–H groups in total. The summed E-state index contributed by atoms with van der Waals surface area (Å²) in [4.78, 5) is 23.6. The second-order valence-electron chi connectivity index (χ2n) is 5.39. The molecule has 6 nitrogen and oxygen atoms in total. The van der Waals surface area contributed by atoms with Gasteiger partial charge in [-0.15, -0.1) is 0 Å². The molecule has 6 heteroatoms. The summed E-state index contributed by atoms with van der Waals surface area (Å²) in [6.07, 6.45) is 1.91. The monoisotopic (exact) mass is 365 g/mol. The van der Waals surface area contributed by atoms with E-state index in [-0.39, 0.29) is 5.91 Å². The Labute approximate surface area is 158 Å². The summed E-state index contributed by atoms with van der Waals surface area (Å²) >= 11 is 0. The van der Waals surface area contributed by atoms with Crippen LogP contribution in [0.1, 0.15) is 67.4 Å². The Morgan fingerprint density at radius 2 is 1.42 bits per heavy atom. The molecule has 0 radical (unpaired) electrons. The van der Waals surface area contributed by atoms with Gasteiger partial charge in [0.05, 0.1) is 17.0 Å². The lowest BCUT2D eigenvalue weighted by Crippen LogP contribution is -2.37. The molecule has 1 aliphatic rings. The molecule has 1 fully saturated rings. The van der Waals surface area contributed by atoms with Crippen LogP contribution in [0.15, 0.2) is 35.4 Å². The Bertz CT molecular complexity index is 561. The Morgan fingerprint density at radius 3 is 1.88 bits per heavy atom. The van der Waals surface area contributed by atoms with Gasteiger partial charge >= 0.3 is 0 Å². The van der Waals surface area contributed by atoms with Crippen LogP contribution in [0.3, 0.4) is 0 Å². The number of hydrazone groups is 1. The number of hydrogen-bond acceptors (Lipinski definition) is 4. The third kappa shape index (κ3) is 6.26. The second kappa shape index (κ2) is 13.1. The third-order valence-corrected chi connectivity index (χ3v) is 4.08. The van der Waals surface area contributed by atoms with Crippen LogP contribution in [0.5, 0.6) is 0 Å². The minimum atomic E-state index is -0.895. The number of amides is 2. The van der Waals surface area contributed by atoms with Crippen LogP contribution in [0.4, 0.5) is 0 Å². The Hall–Kier alpha value is -2.21. The quantitative estimate of drug-likeness (QED) is 0.425. The van der Waals surface area contributed by atoms with E-state index in [9.17, 15) is 9.59 Å². The number of nitrogens with one attached hydrogen (secondary N) is 2. The molecule has 2 atom stereocenters. The highest BCUT2D eigenvalue weighted by Crippen LogP contribution is 2.63. The summed E-state index contributed by atoms with van der Waals surface area (Å²) < 4.78 is 0. The minimum absolute atomic E-state index is 0.337. The number of carbonyl (C=O) groups excluding carboxylic acids is 2. The Kier molecular flexibility index (Phi) is 13.1. The van der Waals surface area contributed by atoms with E-state index in [1.54, 1.807) is 19.3 Å². The van der Waals surface area contributed by atoms with Crippen molar-refractivity contribution in [1.82, 2.24) is 10.9 Å². The van der Waals surface area contributed by atoms with E-state index in [4.69, 9.17) is 5.21 Å². The molecule has 1 aromatic carbocycles. The minimum Gasteiger partial charge on any atom is -0.289 e. The van der Waals surface area contributed by atoms with E-state index in [0.29, 0.717) is 6.42 Å². The van der Waals surface area contributed by atoms with Crippen LogP contribution in [0.25, 0.3) is 0 Å². The van der Waals surface area contributed by atoms with E-state index < -0.39 is 16.7 Å². The van der Waals surface area contributed by atoms with Crippen molar-refractivity contribution in [1.29, 1.82) is 0 Å². The van der Waals surface area contributed by atoms with E-state index in [2.05, 4.69) is 10.5 Å². The molecular formula is C20H35N3O3. The molecule has 1 aromatic rings. The molecular weight excluding hydrogens is 330 g/mol. The van der Waals surface area contributed by atoms with Crippen LogP contribution < -0.4 is 10.9 Å². The predicted molar refractivity (Wildman–Crippen MR) is 107 cm³/mol. The fourth-order valence-corrected chi connectivity index (χ4v) is 2.28. The first-order chi connectivity index (χ1) is 12.4. The highest BCUT2D eigenvalue weighted by molar-refractivity contribution is 5.98. The second-order valence-corrected chi connectivity index (χ2v) is 5.39. The van der Waals surface area contributed by atoms with Crippen molar-refractivity contribution < 1.29 is 14.8 Å². The van der Waals surface area contributed by atoms with Crippen LogP contribution in [-0.4, -0.2) is 23.2 Å². The maximum Gasteiger partial charge on any atom is 0.250 e. The molecule has 0 saturated heterocycles. The molecule has 26 heavy (non-hydrogen) atoms. The normalized spacial score (nSPS) is 22.3. The van der Waals surface area contributed by atoms with E-state index >= 15 is 0 Å². The fraction of sp³-hybridized carbons (Fsp3) is 0.550. The number of carbonyl (C=O) groups is 2. The lowest BCUT2D eigenvalue weighted by atomic mass is 9.95. The van der Waals surface area contributed by atoms with Gasteiger partial charge in [-0.3, -0.25) is 14.8 Å². The van der Waals surface area contributed by atoms with E-state index in [1.165, 1.54) is 6.21 Å². The Morgan fingerprint density at radius 1 is 0.962 bits per heavy atom. The van der Waals surface area contributed by atoms with E-state index in [0.717, 1.165) is 5.56 Å². The zero-order valence-electron chi connectivity index (χ0n) is 17.4. The number of benzene rings is 1. The molecule has 1 saturated carbocycles. The van der Waals surface area contributed by atoms with Gasteiger partial charge in [-0.05, 0) is 25.8 Å². The molecule has 0 bridgehead atoms. The van der Waals surface area contributed by atoms with Crippen LogP contribution >= 0.6 is 0 Å². The van der Waals surface area contributed by atoms with Gasteiger partial charge in [-0.25, -0.2) is 10.9 Å². The summed E-state index contributed by atoms with van der Waals surface area (Å²) in [6.45, 7) is 15.3. The van der Waals surface area contributed by atoms with Crippen LogP contribution in [-0.2, 0) is 9.59 Å². The molecule has 0 aliphatic heterocycles. The molecule has 0 spiro atoms. The maximum atomic E-state index is 12.1. The van der Waals surface area contributed by atoms with Crippen molar-refractivity contribution in [2.24, 2.45) is 15.9 Å². The molecule has 2 amide bonds. The zero-order valence-corrected chi connectivity index (χ0v) is 17.4. The van der Waals surface area contributed by atoms with Crippen molar-refractivity contribution in [3.05, 3.63) is 35.9 Å². The molecule has 2 rings (SSSR count). The summed E-state index contributed by atoms with van der Waals surface area (Å²) in [5, 5.41) is 12.6. The van der Waals surface area contributed by atoms with Crippen LogP contribution in [0.2, 0.25) is 0 Å². The third-order valence-electron chi connectivity index (χ3n) is 4.08. The lowest BCUT2D eigenvalue weighted by molar-refractivity contribution is -0.139. The SMILES string of the molecule is CC.CC.CC.CC1(C(=O)NO)CC1(C)C(=O)N/N=C/c1ccccc1. The first kappa shape index (κ1) is 26.0. The van der Waals surface area contributed by atoms with Gasteiger partial charge < -0.3 is 0 Å². The van der Waals surface area contributed by atoms with Crippen molar-refractivity contribution in [3.8, 4) is 0 Å². The van der Waals surface area contributed by atoms with Crippen molar-refractivity contribution >= 4 is 18.0 Å². The van der Waals surface area contributed by atoms with Crippen molar-refractivity contribution in [3.63, 3.8) is 0 Å². The first-order valence-electron chi connectivity index (χ1n) is 9.27. The first-order valence-corrected chi connectivity index (χ1v) is 9.27. The molecule has 0 heterocycles. The lowest BCUT2D eigenvalue weighted by Gasteiger charge is -2.14. The van der Waals surface area contributed by atoms with Crippen molar-refractivity contribution in [2.75, 3.05) is 0 Å². The standard InChI is InChI=1S/C14H17N3O3.3C2H6/c1-13(9-14(13,2)12(19)17-20)11(18)16-15-8-10-6-4-3-5-7-10;3*1-2/h3-8,20H,9H2,1-2H3,(H,16,18)(H,17,19);3*1-2H3/b15-8+;;;. The Balaban J connectivity index is 0. The average molecular weight is 366 g/mol. The van der Waals surface area contributed by atoms with Crippen molar-refractivity contribution in [2.45, 2.75) is 61.8 Å². The maximum absolute atomic E-state index is 12.1. The average Bonchev–Trinajstić information content (AvgIpc) is 3.30. The highest BCUT2D eigenvalue weighted by atomic mass is 16.5. The van der Waals surface area contributed by atoms with E-state index in [1.807, 2.05) is 71.9 Å². The molecule has 148 valence electrons. The van der Waals surface area contributed by atoms with Gasteiger partial charge in [0, 0.05) is 0 Å². The summed E-state index contributed by atoms with van der Waals surface area (Å²) in [6, 6.07) is 9.35. The van der Waals surface area contributed by atoms with Gasteiger partial charge in [0.2, 0.25) is 11.8 Å². The number of nitrogens with zero attached hydrogens (tertiary/aromatic N) is 1. The number of hydrogen-bond donors (Lipinski definition) is 3. The van der Waals surface area contributed by atoms with Gasteiger partial charge in [-0.2, -0.15) is 5.10 Å². The summed E-state index contributed by atoms with van der Waals surface area (Å²) in [7, 11) is 0. The zero-order chi connectivity index (χ0) is 20.8. The van der Waals surface area contributed by atoms with Crippen LogP contribution in [0, 0.1) is 10.8 Å². The highest BCUT2D eigenvalue weighted by Gasteiger charge is 2.70. The number of hydroxylamine groups is 1. The summed E-state index contributed by atoms with van der Waals surface area (Å²) in [5.74, 6) is -0.891. The summed E-state index contributed by atoms with van der Waals surface area (Å²) in [5.41, 5.74) is 3.16. The fourth-order valence-electron chi connectivity index (χ4n) is 2.28. The smallest absolute Gasteiger partial charge is 0.250 e. The molecule has 1 aliphatic carbocycles. The van der Waals surface area contributed by atoms with Gasteiger partial charge in [0.1, 0.15) is 0 Å². The number of rotatable bonds is 4. The van der Waals surface area contributed by atoms with Gasteiger partial charge in [0.25, 0.3) is 0 Å². The predicted octanol–water partition coefficient (Wildman–Crippen LogP) is 4.14. The topological polar surface area (TPSA) is 90.8 Å². The molecule has 0 aromatic heterocycles. The largest absolute Gasteiger partial charge is 0.289 e. The van der Waals surface area contributed by atoms with Gasteiger partial charge in [-0.1, -0.05) is 71.9 Å². The molecule has 2 unspecified atom stereocenters. The van der Waals surface area contributed by atoms with Gasteiger partial charge in [0.15, 0.2) is 0 Å².